The summed E-state index contributed by atoms with van der Waals surface area (Å²) in [6.07, 6.45) is 2.76. The molecule has 1 aliphatic rings. The smallest absolute Gasteiger partial charge is 0.308 e. The summed E-state index contributed by atoms with van der Waals surface area (Å²) in [7, 11) is 0. The maximum Gasteiger partial charge on any atom is 0.308 e. The Balaban J connectivity index is 1.93. The Hall–Kier alpha value is -1.71. The van der Waals surface area contributed by atoms with Crippen molar-refractivity contribution in [3.63, 3.8) is 0 Å². The van der Waals surface area contributed by atoms with Gasteiger partial charge >= 0.3 is 5.97 Å². The third-order valence-corrected chi connectivity index (χ3v) is 3.66. The molecule has 0 heterocycles. The molecule has 1 saturated carbocycles. The van der Waals surface area contributed by atoms with Gasteiger partial charge < -0.3 is 15.8 Å². The van der Waals surface area contributed by atoms with Crippen molar-refractivity contribution in [1.82, 2.24) is 0 Å². The molecule has 0 unspecified atom stereocenters. The molecule has 3 N–H and O–H groups in total. The predicted molar refractivity (Wildman–Crippen MR) is 77.0 cm³/mol. The molecule has 0 radical (unpaired) electrons. The van der Waals surface area contributed by atoms with Crippen molar-refractivity contribution in [3.05, 3.63) is 23.8 Å². The molecule has 0 saturated heterocycles. The van der Waals surface area contributed by atoms with E-state index in [4.69, 9.17) is 10.5 Å². The summed E-state index contributed by atoms with van der Waals surface area (Å²) in [6.45, 7) is 4.35. The summed E-state index contributed by atoms with van der Waals surface area (Å²) < 4.78 is 5.08. The maximum atomic E-state index is 11.7. The molecule has 0 aliphatic heterocycles. The summed E-state index contributed by atoms with van der Waals surface area (Å²) in [4.78, 5) is 11.7. The van der Waals surface area contributed by atoms with Gasteiger partial charge in [-0.3, -0.25) is 4.79 Å². The zero-order valence-electron chi connectivity index (χ0n) is 11.6. The van der Waals surface area contributed by atoms with E-state index < -0.39 is 0 Å². The van der Waals surface area contributed by atoms with Gasteiger partial charge in [0, 0.05) is 17.4 Å². The van der Waals surface area contributed by atoms with Gasteiger partial charge in [-0.05, 0) is 56.9 Å². The van der Waals surface area contributed by atoms with E-state index in [0.717, 1.165) is 36.2 Å². The minimum atomic E-state index is -0.0548. The molecular formula is C15H22N2O2. The Kier molecular flexibility index (Phi) is 4.30. The first-order valence-electron chi connectivity index (χ1n) is 6.89. The average Bonchev–Trinajstić information content (AvgIpc) is 2.82. The van der Waals surface area contributed by atoms with E-state index in [1.165, 1.54) is 0 Å². The summed E-state index contributed by atoms with van der Waals surface area (Å²) in [5.74, 6) is -0.00707. The van der Waals surface area contributed by atoms with E-state index in [9.17, 15) is 4.79 Å². The third-order valence-electron chi connectivity index (χ3n) is 3.66. The van der Waals surface area contributed by atoms with Crippen LogP contribution < -0.4 is 11.1 Å². The summed E-state index contributed by atoms with van der Waals surface area (Å²) >= 11 is 0. The first-order chi connectivity index (χ1) is 9.10. The number of benzene rings is 1. The molecule has 19 heavy (non-hydrogen) atoms. The van der Waals surface area contributed by atoms with Crippen molar-refractivity contribution >= 4 is 17.3 Å². The second kappa shape index (κ2) is 5.95. The highest BCUT2D eigenvalue weighted by molar-refractivity contribution is 5.73. The van der Waals surface area contributed by atoms with E-state index in [0.29, 0.717) is 12.6 Å². The van der Waals surface area contributed by atoms with Gasteiger partial charge in [0.1, 0.15) is 0 Å². The fourth-order valence-corrected chi connectivity index (χ4v) is 2.66. The number of aryl methyl sites for hydroxylation is 1. The SMILES string of the molecule is CCOC(=O)[C@H]1CC[C@@H](Nc2ccc(N)cc2C)C1. The quantitative estimate of drug-likeness (QED) is 0.647. The Labute approximate surface area is 114 Å². The normalized spacial score (nSPS) is 22.2. The molecule has 1 aromatic carbocycles. The topological polar surface area (TPSA) is 64.3 Å². The van der Waals surface area contributed by atoms with Crippen molar-refractivity contribution in [2.45, 2.75) is 39.2 Å². The first kappa shape index (κ1) is 13.7. The van der Waals surface area contributed by atoms with Gasteiger partial charge in [0.15, 0.2) is 0 Å². The molecule has 1 aliphatic carbocycles. The van der Waals surface area contributed by atoms with E-state index in [1.54, 1.807) is 0 Å². The Morgan fingerprint density at radius 3 is 2.95 bits per heavy atom. The minimum absolute atomic E-state index is 0.0477. The van der Waals surface area contributed by atoms with Crippen LogP contribution in [0.5, 0.6) is 0 Å². The van der Waals surface area contributed by atoms with Gasteiger partial charge in [0.05, 0.1) is 12.5 Å². The third kappa shape index (κ3) is 3.40. The monoisotopic (exact) mass is 262 g/mol. The van der Waals surface area contributed by atoms with Gasteiger partial charge in [-0.2, -0.15) is 0 Å². The number of rotatable bonds is 4. The number of hydrogen-bond acceptors (Lipinski definition) is 4. The minimum Gasteiger partial charge on any atom is -0.466 e. The van der Waals surface area contributed by atoms with Crippen molar-refractivity contribution in [2.24, 2.45) is 5.92 Å². The Morgan fingerprint density at radius 1 is 1.47 bits per heavy atom. The van der Waals surface area contributed by atoms with Crippen LogP contribution in [0, 0.1) is 12.8 Å². The van der Waals surface area contributed by atoms with Crippen LogP contribution in [0.2, 0.25) is 0 Å². The second-order valence-electron chi connectivity index (χ2n) is 5.18. The summed E-state index contributed by atoms with van der Waals surface area (Å²) in [5.41, 5.74) is 8.76. The Bertz CT molecular complexity index is 459. The van der Waals surface area contributed by atoms with Crippen LogP contribution in [-0.4, -0.2) is 18.6 Å². The van der Waals surface area contributed by atoms with Gasteiger partial charge in [0.2, 0.25) is 0 Å². The molecule has 0 amide bonds. The number of anilines is 2. The average molecular weight is 262 g/mol. The fourth-order valence-electron chi connectivity index (χ4n) is 2.66. The molecule has 1 aromatic rings. The van der Waals surface area contributed by atoms with Crippen molar-refractivity contribution in [3.8, 4) is 0 Å². The number of esters is 1. The van der Waals surface area contributed by atoms with E-state index in [2.05, 4.69) is 5.32 Å². The summed E-state index contributed by atoms with van der Waals surface area (Å²) in [5, 5.41) is 3.50. The second-order valence-corrected chi connectivity index (χ2v) is 5.18. The lowest BCUT2D eigenvalue weighted by Crippen LogP contribution is -2.20. The predicted octanol–water partition coefficient (Wildman–Crippen LogP) is 2.72. The molecule has 0 spiro atoms. The number of ether oxygens (including phenoxy) is 1. The fraction of sp³-hybridized carbons (Fsp3) is 0.533. The van der Waals surface area contributed by atoms with Crippen molar-refractivity contribution in [2.75, 3.05) is 17.7 Å². The van der Waals surface area contributed by atoms with Gasteiger partial charge in [-0.15, -0.1) is 0 Å². The number of nitrogen functional groups attached to an aromatic ring is 1. The molecule has 2 atom stereocenters. The molecule has 0 bridgehead atoms. The first-order valence-corrected chi connectivity index (χ1v) is 6.89. The maximum absolute atomic E-state index is 11.7. The van der Waals surface area contributed by atoms with Crippen molar-refractivity contribution in [1.29, 1.82) is 0 Å². The van der Waals surface area contributed by atoms with Crippen LogP contribution in [0.4, 0.5) is 11.4 Å². The lowest BCUT2D eigenvalue weighted by molar-refractivity contribution is -0.147. The number of carbonyl (C=O) groups excluding carboxylic acids is 1. The zero-order valence-corrected chi connectivity index (χ0v) is 11.6. The largest absolute Gasteiger partial charge is 0.466 e. The standard InChI is InChI=1S/C15H22N2O2/c1-3-19-15(18)11-4-6-13(9-11)17-14-7-5-12(16)8-10(14)2/h5,7-8,11,13,17H,3-4,6,9,16H2,1-2H3/t11-,13+/m0/s1. The lowest BCUT2D eigenvalue weighted by atomic mass is 10.1. The molecule has 104 valence electrons. The van der Waals surface area contributed by atoms with Crippen LogP contribution in [0.1, 0.15) is 31.7 Å². The van der Waals surface area contributed by atoms with Crippen LogP contribution >= 0.6 is 0 Å². The van der Waals surface area contributed by atoms with E-state index in [1.807, 2.05) is 32.0 Å². The van der Waals surface area contributed by atoms with E-state index in [-0.39, 0.29) is 11.9 Å². The number of hydrogen-bond donors (Lipinski definition) is 2. The van der Waals surface area contributed by atoms with Gasteiger partial charge in [-0.25, -0.2) is 0 Å². The molecule has 0 aromatic heterocycles. The van der Waals surface area contributed by atoms with Gasteiger partial charge in [-0.1, -0.05) is 0 Å². The molecular weight excluding hydrogens is 240 g/mol. The highest BCUT2D eigenvalue weighted by atomic mass is 16.5. The molecule has 2 rings (SSSR count). The highest BCUT2D eigenvalue weighted by Gasteiger charge is 2.30. The van der Waals surface area contributed by atoms with Crippen molar-refractivity contribution < 1.29 is 9.53 Å². The van der Waals surface area contributed by atoms with Crippen LogP contribution in [0.25, 0.3) is 0 Å². The highest BCUT2D eigenvalue weighted by Crippen LogP contribution is 2.30. The van der Waals surface area contributed by atoms with Gasteiger partial charge in [0.25, 0.3) is 0 Å². The van der Waals surface area contributed by atoms with Crippen LogP contribution in [-0.2, 0) is 9.53 Å². The Morgan fingerprint density at radius 2 is 2.26 bits per heavy atom. The lowest BCUT2D eigenvalue weighted by Gasteiger charge is -2.16. The number of carbonyl (C=O) groups is 1. The van der Waals surface area contributed by atoms with E-state index >= 15 is 0 Å². The molecule has 4 nitrogen and oxygen atoms in total. The molecule has 1 fully saturated rings. The van der Waals surface area contributed by atoms with Crippen LogP contribution in [0.15, 0.2) is 18.2 Å². The van der Waals surface area contributed by atoms with Crippen LogP contribution in [0.3, 0.4) is 0 Å². The summed E-state index contributed by atoms with van der Waals surface area (Å²) in [6, 6.07) is 6.20. The number of nitrogens with one attached hydrogen (secondary N) is 1. The number of nitrogens with two attached hydrogens (primary N) is 1. The molecule has 4 heteroatoms. The zero-order chi connectivity index (χ0) is 13.8.